The highest BCUT2D eigenvalue weighted by Crippen LogP contribution is 2.49. The minimum Gasteiger partial charge on any atom is -0.326 e. The van der Waals surface area contributed by atoms with E-state index < -0.39 is 9.84 Å². The van der Waals surface area contributed by atoms with Crippen LogP contribution in [0.1, 0.15) is 17.9 Å². The summed E-state index contributed by atoms with van der Waals surface area (Å²) in [5.41, 5.74) is 1.59. The molecule has 1 amide bonds. The van der Waals surface area contributed by atoms with Crippen LogP contribution >= 0.6 is 11.6 Å². The van der Waals surface area contributed by atoms with E-state index in [4.69, 9.17) is 11.6 Å². The smallest absolute Gasteiger partial charge is 0.228 e. The predicted molar refractivity (Wildman–Crippen MR) is 90.5 cm³/mol. The first-order valence-corrected chi connectivity index (χ1v) is 9.48. The number of carbonyl (C=O) groups excluding carboxylic acids is 1. The Morgan fingerprint density at radius 1 is 1.13 bits per heavy atom. The van der Waals surface area contributed by atoms with Gasteiger partial charge in [-0.05, 0) is 48.2 Å². The van der Waals surface area contributed by atoms with E-state index >= 15 is 0 Å². The normalized spacial score (nSPS) is 20.1. The fraction of sp³-hybridized carbons (Fsp3) is 0.235. The Hall–Kier alpha value is -1.85. The van der Waals surface area contributed by atoms with Crippen LogP contribution in [0, 0.1) is 5.92 Å². The maximum absolute atomic E-state index is 12.3. The number of nitrogens with one attached hydrogen (secondary N) is 1. The van der Waals surface area contributed by atoms with Crippen LogP contribution in [0.15, 0.2) is 53.4 Å². The number of anilines is 1. The molecule has 1 N–H and O–H groups in total. The number of hydrogen-bond acceptors (Lipinski definition) is 3. The van der Waals surface area contributed by atoms with Gasteiger partial charge in [-0.2, -0.15) is 0 Å². The number of benzene rings is 2. The molecule has 0 aliphatic heterocycles. The summed E-state index contributed by atoms with van der Waals surface area (Å²) in [4.78, 5) is 12.5. The van der Waals surface area contributed by atoms with Crippen molar-refractivity contribution in [3.05, 3.63) is 59.1 Å². The summed E-state index contributed by atoms with van der Waals surface area (Å²) in [6.07, 6.45) is 1.93. The summed E-state index contributed by atoms with van der Waals surface area (Å²) >= 11 is 6.16. The maximum atomic E-state index is 12.3. The van der Waals surface area contributed by atoms with Crippen LogP contribution in [0.3, 0.4) is 0 Å². The third-order valence-corrected chi connectivity index (χ3v) is 5.45. The molecule has 2 aromatic carbocycles. The molecule has 3 rings (SSSR count). The summed E-state index contributed by atoms with van der Waals surface area (Å²) in [5, 5.41) is 3.51. The molecule has 0 unspecified atom stereocenters. The van der Waals surface area contributed by atoms with Crippen molar-refractivity contribution < 1.29 is 13.2 Å². The molecule has 0 aromatic heterocycles. The second-order valence-corrected chi connectivity index (χ2v) is 8.18. The Labute approximate surface area is 140 Å². The highest BCUT2D eigenvalue weighted by Gasteiger charge is 2.44. The van der Waals surface area contributed by atoms with E-state index in [9.17, 15) is 13.2 Å². The minimum absolute atomic E-state index is 0.0676. The van der Waals surface area contributed by atoms with Gasteiger partial charge in [-0.1, -0.05) is 29.8 Å². The number of carbonyl (C=O) groups is 1. The molecule has 1 aliphatic carbocycles. The largest absolute Gasteiger partial charge is 0.326 e. The van der Waals surface area contributed by atoms with Crippen molar-refractivity contribution in [2.24, 2.45) is 5.92 Å². The second kappa shape index (κ2) is 5.98. The lowest BCUT2D eigenvalue weighted by Gasteiger charge is -2.07. The molecular weight excluding hydrogens is 334 g/mol. The van der Waals surface area contributed by atoms with Gasteiger partial charge in [0.1, 0.15) is 0 Å². The minimum atomic E-state index is -3.23. The lowest BCUT2D eigenvalue weighted by atomic mass is 10.1. The summed E-state index contributed by atoms with van der Waals surface area (Å²) < 4.78 is 22.8. The monoisotopic (exact) mass is 349 g/mol. The molecule has 1 aliphatic rings. The summed E-state index contributed by atoms with van der Waals surface area (Å²) in [7, 11) is -3.23. The Bertz CT molecular complexity index is 846. The fourth-order valence-electron chi connectivity index (χ4n) is 2.62. The number of amides is 1. The zero-order valence-electron chi connectivity index (χ0n) is 12.5. The van der Waals surface area contributed by atoms with Gasteiger partial charge in [-0.15, -0.1) is 0 Å². The SMILES string of the molecule is CS(=O)(=O)c1ccc(NC(=O)[C@H]2C[C@@H]2c2ccccc2Cl)cc1. The van der Waals surface area contributed by atoms with Crippen molar-refractivity contribution in [2.45, 2.75) is 17.2 Å². The Morgan fingerprint density at radius 3 is 2.39 bits per heavy atom. The number of halogens is 1. The molecule has 6 heteroatoms. The van der Waals surface area contributed by atoms with Crippen molar-refractivity contribution in [3.8, 4) is 0 Å². The van der Waals surface area contributed by atoms with Gasteiger partial charge >= 0.3 is 0 Å². The molecule has 0 bridgehead atoms. The average Bonchev–Trinajstić information content (AvgIpc) is 3.28. The predicted octanol–water partition coefficient (Wildman–Crippen LogP) is 3.49. The van der Waals surface area contributed by atoms with Crippen molar-refractivity contribution in [2.75, 3.05) is 11.6 Å². The average molecular weight is 350 g/mol. The highest BCUT2D eigenvalue weighted by molar-refractivity contribution is 7.90. The van der Waals surface area contributed by atoms with Crippen LogP contribution in [0.5, 0.6) is 0 Å². The van der Waals surface area contributed by atoms with Crippen molar-refractivity contribution >= 4 is 33.0 Å². The summed E-state index contributed by atoms with van der Waals surface area (Å²) in [6, 6.07) is 13.7. The molecule has 0 saturated heterocycles. The lowest BCUT2D eigenvalue weighted by Crippen LogP contribution is -2.14. The fourth-order valence-corrected chi connectivity index (χ4v) is 3.53. The van der Waals surface area contributed by atoms with Gasteiger partial charge in [0.05, 0.1) is 4.90 Å². The topological polar surface area (TPSA) is 63.2 Å². The van der Waals surface area contributed by atoms with Gasteiger partial charge in [0, 0.05) is 22.9 Å². The van der Waals surface area contributed by atoms with Gasteiger partial charge in [0.15, 0.2) is 9.84 Å². The van der Waals surface area contributed by atoms with Crippen LogP contribution in [-0.2, 0) is 14.6 Å². The quantitative estimate of drug-likeness (QED) is 0.919. The zero-order chi connectivity index (χ0) is 16.6. The molecule has 1 saturated carbocycles. The van der Waals surface area contributed by atoms with E-state index in [2.05, 4.69) is 5.32 Å². The van der Waals surface area contributed by atoms with E-state index in [1.165, 1.54) is 12.1 Å². The third-order valence-electron chi connectivity index (χ3n) is 3.98. The maximum Gasteiger partial charge on any atom is 0.228 e. The highest BCUT2D eigenvalue weighted by atomic mass is 35.5. The zero-order valence-corrected chi connectivity index (χ0v) is 14.1. The Morgan fingerprint density at radius 2 is 1.78 bits per heavy atom. The Kier molecular flexibility index (Phi) is 4.17. The first kappa shape index (κ1) is 16.0. The van der Waals surface area contributed by atoms with Crippen LogP contribution < -0.4 is 5.32 Å². The van der Waals surface area contributed by atoms with Crippen molar-refractivity contribution in [3.63, 3.8) is 0 Å². The van der Waals surface area contributed by atoms with Gasteiger partial charge < -0.3 is 5.32 Å². The van der Waals surface area contributed by atoms with E-state index in [0.29, 0.717) is 10.7 Å². The number of rotatable bonds is 4. The van der Waals surface area contributed by atoms with Gasteiger partial charge in [0.25, 0.3) is 0 Å². The first-order valence-electron chi connectivity index (χ1n) is 7.21. The van der Waals surface area contributed by atoms with Gasteiger partial charge in [-0.25, -0.2) is 8.42 Å². The summed E-state index contributed by atoms with van der Waals surface area (Å²) in [6.45, 7) is 0. The van der Waals surface area contributed by atoms with E-state index in [1.807, 2.05) is 24.3 Å². The van der Waals surface area contributed by atoms with Crippen LogP contribution in [0.4, 0.5) is 5.69 Å². The van der Waals surface area contributed by atoms with Gasteiger partial charge in [0.2, 0.25) is 5.91 Å². The van der Waals surface area contributed by atoms with Crippen LogP contribution in [0.2, 0.25) is 5.02 Å². The lowest BCUT2D eigenvalue weighted by molar-refractivity contribution is -0.117. The molecule has 4 nitrogen and oxygen atoms in total. The molecule has 2 aromatic rings. The Balaban J connectivity index is 1.66. The van der Waals surface area contributed by atoms with Crippen molar-refractivity contribution in [1.82, 2.24) is 0 Å². The standard InChI is InChI=1S/C17H16ClNO3S/c1-23(21,22)12-8-6-11(7-9-12)19-17(20)15-10-14(15)13-4-2-3-5-16(13)18/h2-9,14-15H,10H2,1H3,(H,19,20)/t14-,15+/m1/s1. The molecule has 2 atom stereocenters. The summed E-state index contributed by atoms with van der Waals surface area (Å²) in [5.74, 6) is -0.00879. The molecule has 1 fully saturated rings. The molecule has 0 spiro atoms. The van der Waals surface area contributed by atoms with Crippen molar-refractivity contribution in [1.29, 1.82) is 0 Å². The molecule has 23 heavy (non-hydrogen) atoms. The molecule has 0 heterocycles. The number of sulfone groups is 1. The second-order valence-electron chi connectivity index (χ2n) is 5.76. The third kappa shape index (κ3) is 3.57. The van der Waals surface area contributed by atoms with E-state index in [0.717, 1.165) is 18.2 Å². The van der Waals surface area contributed by atoms with E-state index in [1.54, 1.807) is 12.1 Å². The van der Waals surface area contributed by atoms with Crippen LogP contribution in [-0.4, -0.2) is 20.6 Å². The number of hydrogen-bond donors (Lipinski definition) is 1. The molecule has 120 valence electrons. The molecular formula is C17H16ClNO3S. The van der Waals surface area contributed by atoms with Gasteiger partial charge in [-0.3, -0.25) is 4.79 Å². The van der Waals surface area contributed by atoms with E-state index in [-0.39, 0.29) is 22.6 Å². The van der Waals surface area contributed by atoms with Crippen LogP contribution in [0.25, 0.3) is 0 Å². The molecule has 0 radical (unpaired) electrons. The first-order chi connectivity index (χ1) is 10.9.